The summed E-state index contributed by atoms with van der Waals surface area (Å²) < 4.78 is 44.3. The first-order valence-corrected chi connectivity index (χ1v) is 20.9. The molecule has 0 aromatic rings. The van der Waals surface area contributed by atoms with Gasteiger partial charge < -0.3 is 58.7 Å². The van der Waals surface area contributed by atoms with Crippen LogP contribution in [0.4, 0.5) is 0 Å². The van der Waals surface area contributed by atoms with E-state index in [-0.39, 0.29) is 64.3 Å². The van der Waals surface area contributed by atoms with Gasteiger partial charge in [0.1, 0.15) is 48.5 Å². The summed E-state index contributed by atoms with van der Waals surface area (Å²) in [5.74, 6) is -0.307. The van der Waals surface area contributed by atoms with Crippen molar-refractivity contribution in [1.29, 1.82) is 0 Å². The Kier molecular flexibility index (Phi) is 10.6. The summed E-state index contributed by atoms with van der Waals surface area (Å²) in [5.41, 5.74) is -0.253. The molecule has 0 aromatic heterocycles. The van der Waals surface area contributed by atoms with Gasteiger partial charge in [-0.05, 0) is 91.8 Å². The fraction of sp³-hybridized carbons (Fsp3) is 0.951. The molecular formula is C41H64O14. The third-order valence-electron chi connectivity index (χ3n) is 16.0. The first-order valence-electron chi connectivity index (χ1n) is 20.9. The molecule has 8 fully saturated rings. The first-order chi connectivity index (χ1) is 25.9. The van der Waals surface area contributed by atoms with Crippen LogP contribution in [0, 0.1) is 52.3 Å². The van der Waals surface area contributed by atoms with Crippen molar-refractivity contribution >= 4 is 11.8 Å². The van der Waals surface area contributed by atoms with E-state index in [1.165, 1.54) is 6.92 Å². The molecule has 4 aliphatic heterocycles. The lowest BCUT2D eigenvalue weighted by atomic mass is 9.44. The Morgan fingerprint density at radius 2 is 1.64 bits per heavy atom. The van der Waals surface area contributed by atoms with Crippen molar-refractivity contribution in [1.82, 2.24) is 0 Å². The van der Waals surface area contributed by atoms with Crippen LogP contribution >= 0.6 is 0 Å². The van der Waals surface area contributed by atoms with Gasteiger partial charge in [-0.3, -0.25) is 9.59 Å². The summed E-state index contributed by atoms with van der Waals surface area (Å²) in [4.78, 5) is 26.3. The minimum atomic E-state index is -1.52. The normalized spacial score (nSPS) is 56.2. The molecular weight excluding hydrogens is 716 g/mol. The summed E-state index contributed by atoms with van der Waals surface area (Å²) in [5, 5.41) is 52.3. The Bertz CT molecular complexity index is 1460. The minimum Gasteiger partial charge on any atom is -0.457 e. The van der Waals surface area contributed by atoms with Crippen LogP contribution in [0.2, 0.25) is 0 Å². The molecule has 4 saturated carbocycles. The van der Waals surface area contributed by atoms with Crippen LogP contribution in [0.5, 0.6) is 0 Å². The molecule has 14 heteroatoms. The van der Waals surface area contributed by atoms with Crippen molar-refractivity contribution in [3.05, 3.63) is 0 Å². The molecule has 1 spiro atoms. The van der Waals surface area contributed by atoms with Crippen molar-refractivity contribution in [3.63, 3.8) is 0 Å². The molecule has 4 aliphatic carbocycles. The predicted octanol–water partition coefficient (Wildman–Crippen LogP) is 2.22. The van der Waals surface area contributed by atoms with Gasteiger partial charge in [-0.25, -0.2) is 0 Å². The van der Waals surface area contributed by atoms with Crippen molar-refractivity contribution in [2.75, 3.05) is 6.61 Å². The average molecular weight is 781 g/mol. The molecule has 5 N–H and O–H groups in total. The molecule has 8 rings (SSSR count). The molecule has 0 unspecified atom stereocenters. The number of hydrogen-bond acceptors (Lipinski definition) is 14. The highest BCUT2D eigenvalue weighted by molar-refractivity contribution is 5.83. The number of hydrogen-bond donors (Lipinski definition) is 5. The zero-order valence-corrected chi connectivity index (χ0v) is 33.3. The smallest absolute Gasteiger partial charge is 0.303 e. The number of rotatable bonds is 5. The number of fused-ring (bicyclic) bond motifs is 8. The van der Waals surface area contributed by atoms with Crippen molar-refractivity contribution in [3.8, 4) is 0 Å². The van der Waals surface area contributed by atoms with E-state index in [9.17, 15) is 35.1 Å². The molecule has 4 heterocycles. The Hall–Kier alpha value is -1.30. The van der Waals surface area contributed by atoms with Gasteiger partial charge in [0, 0.05) is 25.7 Å². The van der Waals surface area contributed by atoms with E-state index < -0.39 is 85.9 Å². The highest BCUT2D eigenvalue weighted by Gasteiger charge is 2.69. The summed E-state index contributed by atoms with van der Waals surface area (Å²) in [6.45, 7) is 13.7. The van der Waals surface area contributed by atoms with Gasteiger partial charge in [-0.15, -0.1) is 0 Å². The SMILES string of the molecule is CC(=O)O[C@@H]1[C@H](O)[C@H]2O[C@]3(C[C@@H](C)[C@H]4[C@H](C[C@H]5[C@@H]6CC(=O)[C@H]7C[C@@H](O[C@@H]8O[C@H](CO)[C@@H](O)[C@H](O)[C@H]8O)CC[C@]7(C)[C@H]6CC[C@]45C)O3)[C@H](C(C)C)O[C@@H]2O[C@@H]1C. The molecule has 8 aliphatic rings. The van der Waals surface area contributed by atoms with Gasteiger partial charge in [-0.2, -0.15) is 0 Å². The maximum Gasteiger partial charge on any atom is 0.303 e. The Balaban J connectivity index is 0.997. The summed E-state index contributed by atoms with van der Waals surface area (Å²) in [6, 6.07) is 0. The van der Waals surface area contributed by atoms with Crippen LogP contribution in [0.3, 0.4) is 0 Å². The van der Waals surface area contributed by atoms with E-state index in [2.05, 4.69) is 34.6 Å². The average Bonchev–Trinajstić information content (AvgIpc) is 3.43. The van der Waals surface area contributed by atoms with E-state index in [1.807, 2.05) is 0 Å². The van der Waals surface area contributed by atoms with E-state index in [4.69, 9.17) is 33.2 Å². The lowest BCUT2D eigenvalue weighted by Gasteiger charge is -2.61. The van der Waals surface area contributed by atoms with Crippen molar-refractivity contribution < 1.29 is 68.3 Å². The number of esters is 1. The third kappa shape index (κ3) is 6.38. The number of Topliss-reactive ketones (excluding diaryl/α,β-unsaturated/α-hetero) is 1. The molecule has 0 radical (unpaired) electrons. The van der Waals surface area contributed by atoms with Crippen LogP contribution < -0.4 is 0 Å². The monoisotopic (exact) mass is 780 g/mol. The van der Waals surface area contributed by atoms with Crippen LogP contribution in [0.1, 0.15) is 99.8 Å². The molecule has 0 aromatic carbocycles. The van der Waals surface area contributed by atoms with Gasteiger partial charge in [-0.1, -0.05) is 34.6 Å². The van der Waals surface area contributed by atoms with Gasteiger partial charge in [0.15, 0.2) is 24.5 Å². The van der Waals surface area contributed by atoms with Gasteiger partial charge in [0.05, 0.1) is 24.9 Å². The number of aliphatic hydroxyl groups is 5. The van der Waals surface area contributed by atoms with E-state index in [1.54, 1.807) is 6.92 Å². The standard InChI is InChI=1S/C41H64O14/c1-17(2)36-41(55-35-33(48)34(50-20(5)43)19(4)49-38(35)53-36)15-18(3)29-27(54-41)14-24-22-13-26(44)25-12-21(8-10-39(25,6)23(22)9-11-40(24,29)7)51-37-32(47)31(46)30(45)28(16-42)52-37/h17-19,21-25,27-38,42,45-48H,8-16H2,1-7H3/t18-,19-,21+,22-,23+,24+,25-,27+,28-,29+,30-,31+,32-,33+,34+,35-,36+,37-,38+,39-,40+,41-/m1/s1. The van der Waals surface area contributed by atoms with Crippen molar-refractivity contribution in [2.45, 2.75) is 185 Å². The molecule has 312 valence electrons. The topological polar surface area (TPSA) is 200 Å². The Labute approximate surface area is 323 Å². The molecule has 4 saturated heterocycles. The number of aliphatic hydroxyl groups excluding tert-OH is 5. The quantitative estimate of drug-likeness (QED) is 0.201. The summed E-state index contributed by atoms with van der Waals surface area (Å²) in [6.07, 6.45) is -6.22. The third-order valence-corrected chi connectivity index (χ3v) is 16.0. The highest BCUT2D eigenvalue weighted by atomic mass is 16.8. The van der Waals surface area contributed by atoms with E-state index >= 15 is 0 Å². The minimum absolute atomic E-state index is 0.0169. The summed E-state index contributed by atoms with van der Waals surface area (Å²) in [7, 11) is 0. The van der Waals surface area contributed by atoms with Crippen LogP contribution in [-0.4, -0.2) is 129 Å². The largest absolute Gasteiger partial charge is 0.457 e. The Morgan fingerprint density at radius 1 is 0.909 bits per heavy atom. The van der Waals surface area contributed by atoms with Crippen LogP contribution in [0.15, 0.2) is 0 Å². The maximum absolute atomic E-state index is 14.3. The van der Waals surface area contributed by atoms with Crippen LogP contribution in [0.25, 0.3) is 0 Å². The first kappa shape index (κ1) is 40.5. The van der Waals surface area contributed by atoms with Crippen LogP contribution in [-0.2, 0) is 42.7 Å². The second-order valence-corrected chi connectivity index (χ2v) is 19.4. The molecule has 22 atom stereocenters. The molecule has 14 nitrogen and oxygen atoms in total. The second kappa shape index (κ2) is 14.5. The molecule has 0 amide bonds. The fourth-order valence-electron chi connectivity index (χ4n) is 13.6. The van der Waals surface area contributed by atoms with Crippen molar-refractivity contribution in [2.24, 2.45) is 52.3 Å². The number of ether oxygens (including phenoxy) is 7. The zero-order chi connectivity index (χ0) is 39.5. The Morgan fingerprint density at radius 3 is 2.33 bits per heavy atom. The highest BCUT2D eigenvalue weighted by Crippen LogP contribution is 2.70. The zero-order valence-electron chi connectivity index (χ0n) is 33.3. The lowest BCUT2D eigenvalue weighted by Crippen LogP contribution is -2.71. The molecule has 0 bridgehead atoms. The second-order valence-electron chi connectivity index (χ2n) is 19.4. The maximum atomic E-state index is 14.3. The fourth-order valence-corrected chi connectivity index (χ4v) is 13.6. The number of ketones is 1. The van der Waals surface area contributed by atoms with Gasteiger partial charge in [0.2, 0.25) is 0 Å². The van der Waals surface area contributed by atoms with E-state index in [0.29, 0.717) is 31.6 Å². The predicted molar refractivity (Wildman–Crippen MR) is 191 cm³/mol. The summed E-state index contributed by atoms with van der Waals surface area (Å²) >= 11 is 0. The number of carbonyl (C=O) groups excluding carboxylic acids is 2. The number of carbonyl (C=O) groups is 2. The van der Waals surface area contributed by atoms with E-state index in [0.717, 1.165) is 25.7 Å². The molecule has 55 heavy (non-hydrogen) atoms. The van der Waals surface area contributed by atoms with Gasteiger partial charge in [0.25, 0.3) is 0 Å². The lowest BCUT2D eigenvalue weighted by molar-refractivity contribution is -0.457. The van der Waals surface area contributed by atoms with Gasteiger partial charge >= 0.3 is 5.97 Å².